The van der Waals surface area contributed by atoms with E-state index in [2.05, 4.69) is 38.8 Å². The molecule has 0 aliphatic carbocycles. The minimum Gasteiger partial charge on any atom is -0.457 e. The fraction of sp³-hybridized carbons (Fsp3) is 0.200. The van der Waals surface area contributed by atoms with Crippen molar-refractivity contribution in [1.29, 1.82) is 0 Å². The van der Waals surface area contributed by atoms with Crippen molar-refractivity contribution in [3.05, 3.63) is 54.1 Å². The fourth-order valence-electron chi connectivity index (χ4n) is 1.74. The van der Waals surface area contributed by atoms with Gasteiger partial charge in [0.15, 0.2) is 6.71 Å². The average molecular weight is 224 g/mol. The lowest BCUT2D eigenvalue weighted by Gasteiger charge is -2.08. The molecular formula is C15H17BO. The molecule has 0 aliphatic heterocycles. The summed E-state index contributed by atoms with van der Waals surface area (Å²) < 4.78 is 5.79. The van der Waals surface area contributed by atoms with Crippen molar-refractivity contribution in [2.24, 2.45) is 0 Å². The average Bonchev–Trinajstić information content (AvgIpc) is 2.29. The first kappa shape index (κ1) is 11.8. The van der Waals surface area contributed by atoms with Gasteiger partial charge < -0.3 is 4.74 Å². The summed E-state index contributed by atoms with van der Waals surface area (Å²) in [6.07, 6.45) is 0. The van der Waals surface area contributed by atoms with Crippen molar-refractivity contribution >= 4 is 12.2 Å². The molecule has 2 aromatic rings. The van der Waals surface area contributed by atoms with E-state index in [4.69, 9.17) is 4.74 Å². The van der Waals surface area contributed by atoms with Gasteiger partial charge in [0.25, 0.3) is 0 Å². The molecule has 0 fully saturated rings. The molecule has 0 N–H and O–H groups in total. The summed E-state index contributed by atoms with van der Waals surface area (Å²) in [5, 5.41) is 0. The molecule has 0 bridgehead atoms. The third kappa shape index (κ3) is 3.13. The molecule has 1 nitrogen and oxygen atoms in total. The molecule has 0 heterocycles. The van der Waals surface area contributed by atoms with Gasteiger partial charge >= 0.3 is 0 Å². The first-order chi connectivity index (χ1) is 8.15. The molecule has 86 valence electrons. The molecule has 0 aromatic heterocycles. The predicted molar refractivity (Wildman–Crippen MR) is 74.8 cm³/mol. The lowest BCUT2D eigenvalue weighted by atomic mass is 9.49. The van der Waals surface area contributed by atoms with Crippen molar-refractivity contribution in [2.45, 2.75) is 20.6 Å². The molecule has 0 saturated heterocycles. The van der Waals surface area contributed by atoms with E-state index in [0.717, 1.165) is 11.5 Å². The van der Waals surface area contributed by atoms with Crippen LogP contribution in [0.25, 0.3) is 0 Å². The molecule has 0 aliphatic rings. The molecule has 2 rings (SSSR count). The predicted octanol–water partition coefficient (Wildman–Crippen LogP) is 3.75. The fourth-order valence-corrected chi connectivity index (χ4v) is 1.74. The Morgan fingerprint density at radius 2 is 1.59 bits per heavy atom. The van der Waals surface area contributed by atoms with Crippen LogP contribution >= 0.6 is 0 Å². The quantitative estimate of drug-likeness (QED) is 0.721. The Kier molecular flexibility index (Phi) is 3.53. The van der Waals surface area contributed by atoms with Crippen molar-refractivity contribution in [1.82, 2.24) is 0 Å². The van der Waals surface area contributed by atoms with E-state index in [0.29, 0.717) is 6.71 Å². The Morgan fingerprint density at radius 1 is 0.882 bits per heavy atom. The lowest BCUT2D eigenvalue weighted by Crippen LogP contribution is -2.21. The zero-order valence-electron chi connectivity index (χ0n) is 10.6. The number of hydrogen-bond donors (Lipinski definition) is 0. The first-order valence-electron chi connectivity index (χ1n) is 5.99. The van der Waals surface area contributed by atoms with Crippen LogP contribution in [-0.4, -0.2) is 6.71 Å². The second-order valence-corrected chi connectivity index (χ2v) is 4.64. The van der Waals surface area contributed by atoms with E-state index < -0.39 is 0 Å². The van der Waals surface area contributed by atoms with E-state index in [9.17, 15) is 0 Å². The van der Waals surface area contributed by atoms with Crippen LogP contribution in [0, 0.1) is 6.92 Å². The highest BCUT2D eigenvalue weighted by Crippen LogP contribution is 2.21. The highest BCUT2D eigenvalue weighted by molar-refractivity contribution is 6.70. The van der Waals surface area contributed by atoms with Crippen LogP contribution in [-0.2, 0) is 0 Å². The van der Waals surface area contributed by atoms with Gasteiger partial charge in [0.05, 0.1) is 0 Å². The Hall–Kier alpha value is -1.70. The Morgan fingerprint density at radius 3 is 2.18 bits per heavy atom. The largest absolute Gasteiger partial charge is 0.457 e. The Balaban J connectivity index is 2.14. The maximum Gasteiger partial charge on any atom is 0.169 e. The molecule has 0 radical (unpaired) electrons. The SMILES string of the molecule is CB(C)c1ccc(Oc2cccc(C)c2)cc1. The Labute approximate surface area is 104 Å². The van der Waals surface area contributed by atoms with E-state index in [-0.39, 0.29) is 0 Å². The second-order valence-electron chi connectivity index (χ2n) is 4.64. The number of ether oxygens (including phenoxy) is 1. The van der Waals surface area contributed by atoms with Crippen LogP contribution in [0.15, 0.2) is 48.5 Å². The summed E-state index contributed by atoms with van der Waals surface area (Å²) in [7, 11) is 0. The smallest absolute Gasteiger partial charge is 0.169 e. The monoisotopic (exact) mass is 224 g/mol. The van der Waals surface area contributed by atoms with Crippen molar-refractivity contribution in [3.63, 3.8) is 0 Å². The van der Waals surface area contributed by atoms with E-state index in [1.807, 2.05) is 30.3 Å². The van der Waals surface area contributed by atoms with Gasteiger partial charge in [0.1, 0.15) is 11.5 Å². The number of hydrogen-bond acceptors (Lipinski definition) is 1. The first-order valence-corrected chi connectivity index (χ1v) is 5.99. The summed E-state index contributed by atoms with van der Waals surface area (Å²) in [5.74, 6) is 1.78. The summed E-state index contributed by atoms with van der Waals surface area (Å²) in [6.45, 7) is 7.00. The third-order valence-electron chi connectivity index (χ3n) is 2.77. The van der Waals surface area contributed by atoms with Gasteiger partial charge in [-0.2, -0.15) is 0 Å². The van der Waals surface area contributed by atoms with Crippen LogP contribution in [0.5, 0.6) is 11.5 Å². The van der Waals surface area contributed by atoms with Gasteiger partial charge in [-0.05, 0) is 36.8 Å². The van der Waals surface area contributed by atoms with Gasteiger partial charge in [-0.1, -0.05) is 43.4 Å². The molecule has 0 saturated carbocycles. The summed E-state index contributed by atoms with van der Waals surface area (Å²) >= 11 is 0. The lowest BCUT2D eigenvalue weighted by molar-refractivity contribution is 0.482. The number of aryl methyl sites for hydroxylation is 1. The van der Waals surface area contributed by atoms with Gasteiger partial charge in [-0.3, -0.25) is 0 Å². The summed E-state index contributed by atoms with van der Waals surface area (Å²) in [4.78, 5) is 0. The highest BCUT2D eigenvalue weighted by Gasteiger charge is 2.03. The second kappa shape index (κ2) is 5.09. The zero-order chi connectivity index (χ0) is 12.3. The topological polar surface area (TPSA) is 9.23 Å². The van der Waals surface area contributed by atoms with E-state index >= 15 is 0 Å². The van der Waals surface area contributed by atoms with Gasteiger partial charge in [0, 0.05) is 0 Å². The van der Waals surface area contributed by atoms with E-state index in [1.165, 1.54) is 11.0 Å². The molecule has 0 spiro atoms. The number of rotatable bonds is 3. The van der Waals surface area contributed by atoms with Crippen molar-refractivity contribution < 1.29 is 4.74 Å². The van der Waals surface area contributed by atoms with Gasteiger partial charge in [-0.15, -0.1) is 0 Å². The minimum absolute atomic E-state index is 0.558. The molecule has 0 amide bonds. The molecule has 17 heavy (non-hydrogen) atoms. The standard InChI is InChI=1S/C15H17BO/c1-12-5-4-6-15(11-12)17-14-9-7-13(8-10-14)16(2)3/h4-11H,1-3H3. The molecule has 2 heteroatoms. The molecule has 2 aromatic carbocycles. The summed E-state index contributed by atoms with van der Waals surface area (Å²) in [5.41, 5.74) is 2.54. The maximum atomic E-state index is 5.79. The van der Waals surface area contributed by atoms with Crippen LogP contribution < -0.4 is 10.2 Å². The van der Waals surface area contributed by atoms with E-state index in [1.54, 1.807) is 0 Å². The van der Waals surface area contributed by atoms with Gasteiger partial charge in [-0.25, -0.2) is 0 Å². The molecule has 0 unspecified atom stereocenters. The minimum atomic E-state index is 0.558. The van der Waals surface area contributed by atoms with Gasteiger partial charge in [0.2, 0.25) is 0 Å². The van der Waals surface area contributed by atoms with Crippen LogP contribution in [0.4, 0.5) is 0 Å². The van der Waals surface area contributed by atoms with Crippen LogP contribution in [0.2, 0.25) is 13.6 Å². The third-order valence-corrected chi connectivity index (χ3v) is 2.77. The van der Waals surface area contributed by atoms with Crippen molar-refractivity contribution in [3.8, 4) is 11.5 Å². The summed E-state index contributed by atoms with van der Waals surface area (Å²) in [6, 6.07) is 16.4. The Bertz CT molecular complexity index is 489. The maximum absolute atomic E-state index is 5.79. The highest BCUT2D eigenvalue weighted by atomic mass is 16.5. The van der Waals surface area contributed by atoms with Crippen molar-refractivity contribution in [2.75, 3.05) is 0 Å². The van der Waals surface area contributed by atoms with Crippen LogP contribution in [0.3, 0.4) is 0 Å². The molecule has 0 atom stereocenters. The normalized spacial score (nSPS) is 10.1. The van der Waals surface area contributed by atoms with Crippen LogP contribution in [0.1, 0.15) is 5.56 Å². The zero-order valence-corrected chi connectivity index (χ0v) is 10.6. The molecular weight excluding hydrogens is 207 g/mol. The number of benzene rings is 2.